The molecule has 0 spiro atoms. The van der Waals surface area contributed by atoms with Gasteiger partial charge in [-0.25, -0.2) is 12.8 Å². The van der Waals surface area contributed by atoms with Crippen molar-refractivity contribution in [2.75, 3.05) is 6.54 Å². The summed E-state index contributed by atoms with van der Waals surface area (Å²) in [5.41, 5.74) is 0.284. The van der Waals surface area contributed by atoms with E-state index in [1.54, 1.807) is 36.4 Å². The SMILES string of the molecule is C#CCN(Cc1ccccc1F)S(=O)(=O)c1ccccc1. The van der Waals surface area contributed by atoms with Crippen molar-refractivity contribution in [1.82, 2.24) is 4.31 Å². The Labute approximate surface area is 124 Å². The van der Waals surface area contributed by atoms with E-state index in [4.69, 9.17) is 6.42 Å². The number of sulfonamides is 1. The zero-order chi connectivity index (χ0) is 15.3. The fourth-order valence-corrected chi connectivity index (χ4v) is 3.24. The van der Waals surface area contributed by atoms with Crippen molar-refractivity contribution in [3.8, 4) is 12.3 Å². The molecule has 0 radical (unpaired) electrons. The zero-order valence-electron chi connectivity index (χ0n) is 11.2. The maximum absolute atomic E-state index is 13.7. The molecule has 0 amide bonds. The van der Waals surface area contributed by atoms with Crippen LogP contribution in [0.4, 0.5) is 4.39 Å². The van der Waals surface area contributed by atoms with Gasteiger partial charge in [0.15, 0.2) is 0 Å². The summed E-state index contributed by atoms with van der Waals surface area (Å²) < 4.78 is 39.9. The Hall–Kier alpha value is -2.16. The second kappa shape index (κ2) is 6.53. The van der Waals surface area contributed by atoms with Gasteiger partial charge >= 0.3 is 0 Å². The molecule has 5 heteroatoms. The average molecular weight is 303 g/mol. The van der Waals surface area contributed by atoms with Crippen LogP contribution < -0.4 is 0 Å². The first-order valence-electron chi connectivity index (χ1n) is 6.28. The van der Waals surface area contributed by atoms with Crippen LogP contribution in [0.25, 0.3) is 0 Å². The van der Waals surface area contributed by atoms with Gasteiger partial charge < -0.3 is 0 Å². The molecule has 0 heterocycles. The molecule has 0 atom stereocenters. The molecule has 0 saturated heterocycles. The normalized spacial score (nSPS) is 11.3. The van der Waals surface area contributed by atoms with Crippen molar-refractivity contribution >= 4 is 10.0 Å². The van der Waals surface area contributed by atoms with Gasteiger partial charge in [-0.05, 0) is 18.2 Å². The van der Waals surface area contributed by atoms with E-state index >= 15 is 0 Å². The maximum atomic E-state index is 13.7. The van der Waals surface area contributed by atoms with Crippen molar-refractivity contribution in [3.63, 3.8) is 0 Å². The standard InChI is InChI=1S/C16H14FNO2S/c1-2-12-18(13-14-8-6-7-11-16(14)17)21(19,20)15-9-4-3-5-10-15/h1,3-11H,12-13H2. The van der Waals surface area contributed by atoms with Gasteiger partial charge in [-0.2, -0.15) is 4.31 Å². The van der Waals surface area contributed by atoms with E-state index < -0.39 is 15.8 Å². The third-order valence-corrected chi connectivity index (χ3v) is 4.76. The lowest BCUT2D eigenvalue weighted by Crippen LogP contribution is -2.31. The van der Waals surface area contributed by atoms with Crippen LogP contribution >= 0.6 is 0 Å². The summed E-state index contributed by atoms with van der Waals surface area (Å²) >= 11 is 0. The molecule has 0 bridgehead atoms. The molecule has 2 rings (SSSR count). The van der Waals surface area contributed by atoms with Gasteiger partial charge in [0.2, 0.25) is 10.0 Å². The number of benzene rings is 2. The van der Waals surface area contributed by atoms with Crippen LogP contribution in [-0.2, 0) is 16.6 Å². The lowest BCUT2D eigenvalue weighted by Gasteiger charge is -2.20. The number of hydrogen-bond donors (Lipinski definition) is 0. The van der Waals surface area contributed by atoms with Gasteiger partial charge in [-0.1, -0.05) is 42.3 Å². The predicted octanol–water partition coefficient (Wildman–Crippen LogP) is 2.65. The lowest BCUT2D eigenvalue weighted by molar-refractivity contribution is 0.433. The van der Waals surface area contributed by atoms with E-state index in [0.717, 1.165) is 4.31 Å². The third-order valence-electron chi connectivity index (χ3n) is 2.95. The second-order valence-electron chi connectivity index (χ2n) is 4.38. The topological polar surface area (TPSA) is 37.4 Å². The summed E-state index contributed by atoms with van der Waals surface area (Å²) in [6.07, 6.45) is 5.25. The number of terminal acetylenes is 1. The van der Waals surface area contributed by atoms with Gasteiger partial charge in [0.05, 0.1) is 11.4 Å². The molecule has 0 aliphatic rings. The van der Waals surface area contributed by atoms with Crippen molar-refractivity contribution in [1.29, 1.82) is 0 Å². The van der Waals surface area contributed by atoms with Crippen molar-refractivity contribution < 1.29 is 12.8 Å². The predicted molar refractivity (Wildman–Crippen MR) is 79.3 cm³/mol. The molecule has 0 N–H and O–H groups in total. The van der Waals surface area contributed by atoms with Crippen molar-refractivity contribution in [2.24, 2.45) is 0 Å². The molecule has 2 aromatic rings. The molecule has 3 nitrogen and oxygen atoms in total. The van der Waals surface area contributed by atoms with E-state index in [2.05, 4.69) is 5.92 Å². The van der Waals surface area contributed by atoms with E-state index in [0.29, 0.717) is 0 Å². The highest BCUT2D eigenvalue weighted by atomic mass is 32.2. The summed E-state index contributed by atoms with van der Waals surface area (Å²) in [5, 5.41) is 0. The van der Waals surface area contributed by atoms with E-state index in [1.165, 1.54) is 18.2 Å². The number of rotatable bonds is 5. The zero-order valence-corrected chi connectivity index (χ0v) is 12.1. The Morgan fingerprint density at radius 3 is 2.29 bits per heavy atom. The third kappa shape index (κ3) is 3.48. The molecule has 0 aromatic heterocycles. The van der Waals surface area contributed by atoms with Crippen LogP contribution in [0.3, 0.4) is 0 Å². The minimum Gasteiger partial charge on any atom is -0.207 e. The second-order valence-corrected chi connectivity index (χ2v) is 6.32. The summed E-state index contributed by atoms with van der Waals surface area (Å²) in [5.74, 6) is 1.85. The Bertz CT molecular complexity index is 751. The molecule has 0 saturated carbocycles. The first-order chi connectivity index (χ1) is 10.1. The van der Waals surface area contributed by atoms with Crippen LogP contribution in [0.15, 0.2) is 59.5 Å². The average Bonchev–Trinajstić information content (AvgIpc) is 2.50. The summed E-state index contributed by atoms with van der Waals surface area (Å²) in [7, 11) is -3.75. The van der Waals surface area contributed by atoms with Crippen LogP contribution in [0, 0.1) is 18.2 Å². The molecule has 21 heavy (non-hydrogen) atoms. The number of halogens is 1. The highest BCUT2D eigenvalue weighted by Gasteiger charge is 2.24. The number of nitrogens with zero attached hydrogens (tertiary/aromatic N) is 1. The van der Waals surface area contributed by atoms with Gasteiger partial charge in [-0.3, -0.25) is 0 Å². The molecule has 0 aliphatic heterocycles. The molecule has 0 unspecified atom stereocenters. The van der Waals surface area contributed by atoms with E-state index in [1.807, 2.05) is 0 Å². The first kappa shape index (κ1) is 15.2. The first-order valence-corrected chi connectivity index (χ1v) is 7.72. The minimum absolute atomic E-state index is 0.103. The Kier molecular flexibility index (Phi) is 4.73. The molecule has 2 aromatic carbocycles. The van der Waals surface area contributed by atoms with Crippen LogP contribution in [-0.4, -0.2) is 19.3 Å². The smallest absolute Gasteiger partial charge is 0.207 e. The quantitative estimate of drug-likeness (QED) is 0.796. The summed E-state index contributed by atoms with van der Waals surface area (Å²) in [4.78, 5) is 0.136. The Balaban J connectivity index is 2.36. The van der Waals surface area contributed by atoms with Crippen molar-refractivity contribution in [2.45, 2.75) is 11.4 Å². The monoisotopic (exact) mass is 303 g/mol. The maximum Gasteiger partial charge on any atom is 0.244 e. The van der Waals surface area contributed by atoms with Crippen LogP contribution in [0.1, 0.15) is 5.56 Å². The minimum atomic E-state index is -3.75. The molecule has 0 fully saturated rings. The highest BCUT2D eigenvalue weighted by Crippen LogP contribution is 2.19. The van der Waals surface area contributed by atoms with Gasteiger partial charge in [0.1, 0.15) is 5.82 Å². The van der Waals surface area contributed by atoms with Gasteiger partial charge in [0, 0.05) is 12.1 Å². The molecule has 108 valence electrons. The summed E-state index contributed by atoms with van der Waals surface area (Å²) in [6.45, 7) is -0.223. The van der Waals surface area contributed by atoms with Crippen LogP contribution in [0.5, 0.6) is 0 Å². The highest BCUT2D eigenvalue weighted by molar-refractivity contribution is 7.89. The van der Waals surface area contributed by atoms with E-state index in [-0.39, 0.29) is 23.5 Å². The molecular formula is C16H14FNO2S. The lowest BCUT2D eigenvalue weighted by atomic mass is 10.2. The number of hydrogen-bond acceptors (Lipinski definition) is 2. The fourth-order valence-electron chi connectivity index (χ4n) is 1.89. The largest absolute Gasteiger partial charge is 0.244 e. The Morgan fingerprint density at radius 2 is 1.67 bits per heavy atom. The fraction of sp³-hybridized carbons (Fsp3) is 0.125. The Morgan fingerprint density at radius 1 is 1.05 bits per heavy atom. The van der Waals surface area contributed by atoms with Gasteiger partial charge in [-0.15, -0.1) is 6.42 Å². The van der Waals surface area contributed by atoms with Gasteiger partial charge in [0.25, 0.3) is 0 Å². The van der Waals surface area contributed by atoms with Crippen molar-refractivity contribution in [3.05, 3.63) is 66.0 Å². The molecular weight excluding hydrogens is 289 g/mol. The molecule has 0 aliphatic carbocycles. The van der Waals surface area contributed by atoms with Crippen LogP contribution in [0.2, 0.25) is 0 Å². The summed E-state index contributed by atoms with van der Waals surface area (Å²) in [6, 6.07) is 14.0. The van der Waals surface area contributed by atoms with E-state index in [9.17, 15) is 12.8 Å².